The number of aliphatic hydroxyl groups excluding tert-OH is 1. The summed E-state index contributed by atoms with van der Waals surface area (Å²) in [5, 5.41) is 17.9. The van der Waals surface area contributed by atoms with E-state index < -0.39 is 17.7 Å². The van der Waals surface area contributed by atoms with Crippen molar-refractivity contribution < 1.29 is 19.4 Å². The number of aliphatic hydroxyl groups is 1. The van der Waals surface area contributed by atoms with Gasteiger partial charge in [0.2, 0.25) is 0 Å². The van der Waals surface area contributed by atoms with Crippen LogP contribution in [0.15, 0.2) is 5.57 Å². The molecule has 1 atom stereocenters. The lowest BCUT2D eigenvalue weighted by molar-refractivity contribution is -0.162. The second-order valence-corrected chi connectivity index (χ2v) is 4.57. The van der Waals surface area contributed by atoms with Gasteiger partial charge in [-0.3, -0.25) is 0 Å². The molecule has 0 saturated heterocycles. The summed E-state index contributed by atoms with van der Waals surface area (Å²) in [6, 6.07) is 1.91. The molecule has 0 spiro atoms. The van der Waals surface area contributed by atoms with Crippen LogP contribution < -0.4 is 0 Å². The van der Waals surface area contributed by atoms with E-state index in [2.05, 4.69) is 0 Å². The zero-order chi connectivity index (χ0) is 13.5. The lowest BCUT2D eigenvalue weighted by atomic mass is 10.0. The number of hydrogen-bond acceptors (Lipinski definition) is 5. The van der Waals surface area contributed by atoms with Crippen molar-refractivity contribution in [3.05, 3.63) is 5.57 Å². The molecular formula is C12H17NO4. The molecule has 0 amide bonds. The maximum absolute atomic E-state index is 11.5. The van der Waals surface area contributed by atoms with Crippen molar-refractivity contribution in [3.8, 4) is 6.07 Å². The Bertz CT molecular complexity index is 356. The normalized spacial score (nSPS) is 12.2. The molecule has 0 saturated carbocycles. The van der Waals surface area contributed by atoms with Gasteiger partial charge in [-0.25, -0.2) is 9.59 Å². The van der Waals surface area contributed by atoms with Crippen LogP contribution in [0.1, 0.15) is 40.0 Å². The van der Waals surface area contributed by atoms with Gasteiger partial charge in [0.05, 0.1) is 11.6 Å². The SMILES string of the molecule is CC(C)(C)OC(=O)C(O)C(=C=O)CCCC#N. The third-order valence-corrected chi connectivity index (χ3v) is 1.83. The maximum atomic E-state index is 11.5. The fourth-order valence-corrected chi connectivity index (χ4v) is 1.10. The molecule has 0 aromatic carbocycles. The third-order valence-electron chi connectivity index (χ3n) is 1.83. The van der Waals surface area contributed by atoms with Gasteiger partial charge in [0.25, 0.3) is 0 Å². The van der Waals surface area contributed by atoms with Crippen molar-refractivity contribution in [1.29, 1.82) is 5.26 Å². The molecule has 0 radical (unpaired) electrons. The largest absolute Gasteiger partial charge is 0.458 e. The number of esters is 1. The molecule has 0 aromatic rings. The highest BCUT2D eigenvalue weighted by Gasteiger charge is 2.26. The second kappa shape index (κ2) is 6.85. The fourth-order valence-electron chi connectivity index (χ4n) is 1.10. The number of unbranched alkanes of at least 4 members (excludes halogenated alkanes) is 1. The first-order valence-corrected chi connectivity index (χ1v) is 5.33. The van der Waals surface area contributed by atoms with Gasteiger partial charge < -0.3 is 9.84 Å². The minimum atomic E-state index is -1.59. The van der Waals surface area contributed by atoms with Crippen LogP contribution in [0.3, 0.4) is 0 Å². The highest BCUT2D eigenvalue weighted by atomic mass is 16.6. The highest BCUT2D eigenvalue weighted by Crippen LogP contribution is 2.14. The van der Waals surface area contributed by atoms with E-state index in [9.17, 15) is 14.7 Å². The summed E-state index contributed by atoms with van der Waals surface area (Å²) in [5.41, 5.74) is -0.798. The number of hydrogen-bond donors (Lipinski definition) is 1. The van der Waals surface area contributed by atoms with E-state index in [4.69, 9.17) is 10.00 Å². The smallest absolute Gasteiger partial charge is 0.340 e. The van der Waals surface area contributed by atoms with Crippen molar-refractivity contribution >= 4 is 11.9 Å². The van der Waals surface area contributed by atoms with Crippen molar-refractivity contribution in [2.24, 2.45) is 0 Å². The highest BCUT2D eigenvalue weighted by molar-refractivity contribution is 5.81. The first kappa shape index (κ1) is 15.4. The van der Waals surface area contributed by atoms with Gasteiger partial charge in [0, 0.05) is 6.42 Å². The lowest BCUT2D eigenvalue weighted by Gasteiger charge is -2.21. The van der Waals surface area contributed by atoms with E-state index in [0.29, 0.717) is 6.42 Å². The average Bonchev–Trinajstić information content (AvgIpc) is 2.21. The van der Waals surface area contributed by atoms with Gasteiger partial charge in [-0.15, -0.1) is 0 Å². The van der Waals surface area contributed by atoms with Crippen LogP contribution in [0.4, 0.5) is 0 Å². The number of carbonyl (C=O) groups excluding carboxylic acids is 2. The number of rotatable bonds is 5. The molecule has 5 heteroatoms. The van der Waals surface area contributed by atoms with Crippen LogP contribution in [0.25, 0.3) is 0 Å². The van der Waals surface area contributed by atoms with Crippen LogP contribution in [-0.4, -0.2) is 28.7 Å². The van der Waals surface area contributed by atoms with Gasteiger partial charge in [-0.05, 0) is 33.6 Å². The summed E-state index contributed by atoms with van der Waals surface area (Å²) >= 11 is 0. The quantitative estimate of drug-likeness (QED) is 0.441. The Morgan fingerprint density at radius 1 is 1.47 bits per heavy atom. The van der Waals surface area contributed by atoms with Crippen LogP contribution in [0.2, 0.25) is 0 Å². The summed E-state index contributed by atoms with van der Waals surface area (Å²) in [5.74, 6) is 0.666. The van der Waals surface area contributed by atoms with E-state index in [1.54, 1.807) is 20.8 Å². The van der Waals surface area contributed by atoms with Crippen molar-refractivity contribution in [2.45, 2.75) is 51.7 Å². The molecule has 0 aromatic heterocycles. The summed E-state index contributed by atoms with van der Waals surface area (Å²) < 4.78 is 4.93. The first-order valence-electron chi connectivity index (χ1n) is 5.33. The molecule has 5 nitrogen and oxygen atoms in total. The molecule has 0 rings (SSSR count). The Morgan fingerprint density at radius 3 is 2.47 bits per heavy atom. The Morgan fingerprint density at radius 2 is 2.06 bits per heavy atom. The van der Waals surface area contributed by atoms with Crippen LogP contribution >= 0.6 is 0 Å². The van der Waals surface area contributed by atoms with Crippen molar-refractivity contribution in [2.75, 3.05) is 0 Å². The minimum absolute atomic E-state index is 0.0745. The molecule has 0 aliphatic carbocycles. The molecule has 1 N–H and O–H groups in total. The van der Waals surface area contributed by atoms with Crippen LogP contribution in [-0.2, 0) is 14.3 Å². The van der Waals surface area contributed by atoms with E-state index >= 15 is 0 Å². The summed E-state index contributed by atoms with van der Waals surface area (Å²) in [7, 11) is 0. The molecule has 94 valence electrons. The van der Waals surface area contributed by atoms with E-state index in [0.717, 1.165) is 0 Å². The van der Waals surface area contributed by atoms with E-state index in [1.165, 1.54) is 5.94 Å². The molecule has 17 heavy (non-hydrogen) atoms. The van der Waals surface area contributed by atoms with Gasteiger partial charge in [-0.1, -0.05) is 0 Å². The molecular weight excluding hydrogens is 222 g/mol. The summed E-state index contributed by atoms with van der Waals surface area (Å²) in [4.78, 5) is 22.1. The maximum Gasteiger partial charge on any atom is 0.340 e. The second-order valence-electron chi connectivity index (χ2n) is 4.57. The molecule has 0 fully saturated rings. The summed E-state index contributed by atoms with van der Waals surface area (Å²) in [6.45, 7) is 4.99. The Kier molecular flexibility index (Phi) is 6.19. The standard InChI is InChI=1S/C12H17NO4/c1-12(2,3)17-11(16)10(15)9(8-14)6-4-5-7-13/h10,15H,4-6H2,1-3H3. The van der Waals surface area contributed by atoms with Crippen LogP contribution in [0.5, 0.6) is 0 Å². The topological polar surface area (TPSA) is 87.4 Å². The molecule has 0 aliphatic rings. The number of ether oxygens (including phenoxy) is 1. The van der Waals surface area contributed by atoms with Gasteiger partial charge >= 0.3 is 5.97 Å². The van der Waals surface area contributed by atoms with E-state index in [1.807, 2.05) is 6.07 Å². The number of nitrogens with zero attached hydrogens (tertiary/aromatic N) is 1. The molecule has 0 heterocycles. The molecule has 0 bridgehead atoms. The zero-order valence-corrected chi connectivity index (χ0v) is 10.3. The van der Waals surface area contributed by atoms with Gasteiger partial charge in [0.15, 0.2) is 6.10 Å². The third kappa shape index (κ3) is 6.52. The first-order chi connectivity index (χ1) is 7.81. The summed E-state index contributed by atoms with van der Waals surface area (Å²) in [6.07, 6.45) is -0.768. The lowest BCUT2D eigenvalue weighted by Crippen LogP contribution is -2.33. The minimum Gasteiger partial charge on any atom is -0.458 e. The fraction of sp³-hybridized carbons (Fsp3) is 0.667. The number of carbonyl (C=O) groups is 1. The van der Waals surface area contributed by atoms with Gasteiger partial charge in [-0.2, -0.15) is 5.26 Å². The monoisotopic (exact) mass is 239 g/mol. The predicted molar refractivity (Wildman–Crippen MR) is 60.5 cm³/mol. The predicted octanol–water partition coefficient (Wildman–Crippen LogP) is 1.14. The number of nitriles is 1. The Hall–Kier alpha value is -1.63. The van der Waals surface area contributed by atoms with Crippen molar-refractivity contribution in [3.63, 3.8) is 0 Å². The van der Waals surface area contributed by atoms with Crippen molar-refractivity contribution in [1.82, 2.24) is 0 Å². The molecule has 0 aliphatic heterocycles. The van der Waals surface area contributed by atoms with Crippen LogP contribution in [0, 0.1) is 11.3 Å². The molecule has 1 unspecified atom stereocenters. The Labute approximate surface area is 101 Å². The Balaban J connectivity index is 4.46. The zero-order valence-electron chi connectivity index (χ0n) is 10.3. The van der Waals surface area contributed by atoms with E-state index in [-0.39, 0.29) is 18.4 Å². The average molecular weight is 239 g/mol. The van der Waals surface area contributed by atoms with Gasteiger partial charge in [0.1, 0.15) is 11.5 Å².